The molecule has 0 aliphatic carbocycles. The van der Waals surface area contributed by atoms with E-state index in [1.165, 1.54) is 12.3 Å². The van der Waals surface area contributed by atoms with E-state index in [1.807, 2.05) is 0 Å². The molecule has 2 heterocycles. The summed E-state index contributed by atoms with van der Waals surface area (Å²) in [6.07, 6.45) is -2.25. The van der Waals surface area contributed by atoms with Crippen LogP contribution in [0.2, 0.25) is 5.15 Å². The average molecular weight is 233 g/mol. The van der Waals surface area contributed by atoms with Crippen LogP contribution < -0.4 is 0 Å². The van der Waals surface area contributed by atoms with Crippen LogP contribution in [0.25, 0.3) is 10.9 Å². The second kappa shape index (κ2) is 3.34. The highest BCUT2D eigenvalue weighted by Gasteiger charge is 2.31. The molecule has 0 aromatic carbocycles. The van der Waals surface area contributed by atoms with Crippen LogP contribution in [0.5, 0.6) is 0 Å². The van der Waals surface area contributed by atoms with E-state index in [-0.39, 0.29) is 10.5 Å². The van der Waals surface area contributed by atoms with Crippen molar-refractivity contribution in [3.05, 3.63) is 35.2 Å². The lowest BCUT2D eigenvalue weighted by atomic mass is 10.2. The van der Waals surface area contributed by atoms with Crippen molar-refractivity contribution in [3.63, 3.8) is 0 Å². The Balaban J connectivity index is 2.70. The van der Waals surface area contributed by atoms with Crippen LogP contribution in [0.1, 0.15) is 5.56 Å². The third-order valence-electron chi connectivity index (χ3n) is 1.89. The van der Waals surface area contributed by atoms with Gasteiger partial charge in [-0.3, -0.25) is 4.98 Å². The Morgan fingerprint density at radius 2 is 1.93 bits per heavy atom. The van der Waals surface area contributed by atoms with Gasteiger partial charge in [0.2, 0.25) is 0 Å². The van der Waals surface area contributed by atoms with Crippen molar-refractivity contribution in [1.29, 1.82) is 0 Å². The number of fused-ring (bicyclic) bond motifs is 1. The van der Waals surface area contributed by atoms with Gasteiger partial charge < -0.3 is 0 Å². The van der Waals surface area contributed by atoms with Gasteiger partial charge >= 0.3 is 6.18 Å². The van der Waals surface area contributed by atoms with Crippen molar-refractivity contribution < 1.29 is 13.2 Å². The van der Waals surface area contributed by atoms with Gasteiger partial charge in [0.1, 0.15) is 5.15 Å². The average Bonchev–Trinajstić information content (AvgIpc) is 2.16. The molecule has 78 valence electrons. The quantitative estimate of drug-likeness (QED) is 0.652. The summed E-state index contributed by atoms with van der Waals surface area (Å²) in [5, 5.41) is 0.222. The Morgan fingerprint density at radius 1 is 1.20 bits per heavy atom. The van der Waals surface area contributed by atoms with Gasteiger partial charge in [0.15, 0.2) is 0 Å². The molecule has 0 unspecified atom stereocenters. The summed E-state index contributed by atoms with van der Waals surface area (Å²) in [6, 6.07) is 2.44. The number of nitrogens with zero attached hydrogens (tertiary/aromatic N) is 2. The van der Waals surface area contributed by atoms with Crippen LogP contribution in [0, 0.1) is 0 Å². The highest BCUT2D eigenvalue weighted by atomic mass is 35.5. The van der Waals surface area contributed by atoms with Crippen molar-refractivity contribution >= 4 is 22.5 Å². The van der Waals surface area contributed by atoms with Gasteiger partial charge in [-0.2, -0.15) is 13.2 Å². The number of hydrogen-bond donors (Lipinski definition) is 0. The molecule has 0 fully saturated rings. The van der Waals surface area contributed by atoms with Gasteiger partial charge in [0.25, 0.3) is 0 Å². The summed E-state index contributed by atoms with van der Waals surface area (Å²) in [7, 11) is 0. The minimum atomic E-state index is -4.42. The second-order valence-electron chi connectivity index (χ2n) is 2.89. The molecular weight excluding hydrogens is 229 g/mol. The zero-order valence-electron chi connectivity index (χ0n) is 7.22. The Kier molecular flexibility index (Phi) is 2.26. The molecule has 0 spiro atoms. The Hall–Kier alpha value is -1.36. The summed E-state index contributed by atoms with van der Waals surface area (Å²) in [5.74, 6) is 0. The van der Waals surface area contributed by atoms with Gasteiger partial charge in [0.05, 0.1) is 11.1 Å². The first kappa shape index (κ1) is 10.2. The Morgan fingerprint density at radius 3 is 2.60 bits per heavy atom. The fourth-order valence-corrected chi connectivity index (χ4v) is 1.38. The predicted octanol–water partition coefficient (Wildman–Crippen LogP) is 3.30. The van der Waals surface area contributed by atoms with Gasteiger partial charge in [-0.05, 0) is 12.1 Å². The van der Waals surface area contributed by atoms with E-state index in [0.29, 0.717) is 5.52 Å². The molecule has 0 radical (unpaired) electrons. The maximum atomic E-state index is 12.3. The molecule has 2 rings (SSSR count). The van der Waals surface area contributed by atoms with E-state index in [2.05, 4.69) is 9.97 Å². The molecule has 6 heteroatoms. The smallest absolute Gasteiger partial charge is 0.255 e. The largest absolute Gasteiger partial charge is 0.417 e. The standard InChI is InChI=1S/C9H4ClF3N2/c10-8-6-3-5(9(11,12)13)4-15-7(6)1-2-14-8/h1-4H. The molecule has 0 saturated carbocycles. The maximum Gasteiger partial charge on any atom is 0.417 e. The van der Waals surface area contributed by atoms with E-state index < -0.39 is 11.7 Å². The Bertz CT molecular complexity index is 510. The molecule has 0 aliphatic heterocycles. The minimum absolute atomic E-state index is 0.0195. The van der Waals surface area contributed by atoms with E-state index in [0.717, 1.165) is 12.3 Å². The fourth-order valence-electron chi connectivity index (χ4n) is 1.17. The summed E-state index contributed by atoms with van der Waals surface area (Å²) in [6.45, 7) is 0. The number of alkyl halides is 3. The normalized spacial score (nSPS) is 12.0. The van der Waals surface area contributed by atoms with Gasteiger partial charge in [0, 0.05) is 17.8 Å². The first-order valence-corrected chi connectivity index (χ1v) is 4.34. The lowest BCUT2D eigenvalue weighted by molar-refractivity contribution is -0.137. The minimum Gasteiger partial charge on any atom is -0.255 e. The summed E-state index contributed by atoms with van der Waals surface area (Å²) in [4.78, 5) is 7.35. The van der Waals surface area contributed by atoms with E-state index >= 15 is 0 Å². The summed E-state index contributed by atoms with van der Waals surface area (Å²) >= 11 is 5.66. The highest BCUT2D eigenvalue weighted by Crippen LogP contribution is 2.31. The third kappa shape index (κ3) is 1.87. The van der Waals surface area contributed by atoms with Crippen LogP contribution in [0.15, 0.2) is 24.5 Å². The Labute approximate surface area is 87.7 Å². The van der Waals surface area contributed by atoms with Crippen molar-refractivity contribution in [2.45, 2.75) is 6.18 Å². The van der Waals surface area contributed by atoms with Crippen LogP contribution in [0.4, 0.5) is 13.2 Å². The molecule has 2 aromatic rings. The monoisotopic (exact) mass is 232 g/mol. The number of pyridine rings is 2. The molecule has 0 bridgehead atoms. The zero-order valence-corrected chi connectivity index (χ0v) is 7.97. The summed E-state index contributed by atoms with van der Waals surface area (Å²) < 4.78 is 37.0. The van der Waals surface area contributed by atoms with Gasteiger partial charge in [-0.15, -0.1) is 0 Å². The van der Waals surface area contributed by atoms with Crippen LogP contribution >= 0.6 is 11.6 Å². The first-order chi connectivity index (χ1) is 6.98. The van der Waals surface area contributed by atoms with Crippen LogP contribution in [0.3, 0.4) is 0 Å². The lowest BCUT2D eigenvalue weighted by Crippen LogP contribution is -2.05. The van der Waals surface area contributed by atoms with E-state index in [4.69, 9.17) is 11.6 Å². The molecule has 0 atom stereocenters. The number of hydrogen-bond acceptors (Lipinski definition) is 2. The molecule has 15 heavy (non-hydrogen) atoms. The van der Waals surface area contributed by atoms with Crippen molar-refractivity contribution in [1.82, 2.24) is 9.97 Å². The SMILES string of the molecule is FC(F)(F)c1cnc2ccnc(Cl)c2c1. The molecule has 0 aliphatic rings. The highest BCUT2D eigenvalue weighted by molar-refractivity contribution is 6.34. The lowest BCUT2D eigenvalue weighted by Gasteiger charge is -2.07. The molecule has 2 aromatic heterocycles. The fraction of sp³-hybridized carbons (Fsp3) is 0.111. The predicted molar refractivity (Wildman–Crippen MR) is 49.6 cm³/mol. The number of halogens is 4. The van der Waals surface area contributed by atoms with Crippen LogP contribution in [-0.4, -0.2) is 9.97 Å². The molecule has 2 nitrogen and oxygen atoms in total. The molecule has 0 amide bonds. The second-order valence-corrected chi connectivity index (χ2v) is 3.25. The molecular formula is C9H4ClF3N2. The van der Waals surface area contributed by atoms with Crippen molar-refractivity contribution in [2.24, 2.45) is 0 Å². The van der Waals surface area contributed by atoms with Crippen LogP contribution in [-0.2, 0) is 6.18 Å². The van der Waals surface area contributed by atoms with Crippen molar-refractivity contribution in [3.8, 4) is 0 Å². The summed E-state index contributed by atoms with van der Waals surface area (Å²) in [5.41, 5.74) is -0.437. The zero-order chi connectivity index (χ0) is 11.1. The first-order valence-electron chi connectivity index (χ1n) is 3.96. The third-order valence-corrected chi connectivity index (χ3v) is 2.19. The van der Waals surface area contributed by atoms with Gasteiger partial charge in [-0.25, -0.2) is 4.98 Å². The van der Waals surface area contributed by atoms with E-state index in [9.17, 15) is 13.2 Å². The topological polar surface area (TPSA) is 25.8 Å². The van der Waals surface area contributed by atoms with Gasteiger partial charge in [-0.1, -0.05) is 11.6 Å². The van der Waals surface area contributed by atoms with E-state index in [1.54, 1.807) is 0 Å². The molecule has 0 N–H and O–H groups in total. The van der Waals surface area contributed by atoms with Crippen molar-refractivity contribution in [2.75, 3.05) is 0 Å². The number of rotatable bonds is 0. The molecule has 0 saturated heterocycles. The number of aromatic nitrogens is 2. The maximum absolute atomic E-state index is 12.3.